The van der Waals surface area contributed by atoms with Crippen LogP contribution in [-0.4, -0.2) is 27.8 Å². The molecule has 2 nitrogen and oxygen atoms in total. The Hall–Kier alpha value is -0.0800. The van der Waals surface area contributed by atoms with E-state index in [1.807, 2.05) is 0 Å². The fourth-order valence-electron chi connectivity index (χ4n) is 9.67. The monoisotopic (exact) mass is 312 g/mol. The second-order valence-corrected chi connectivity index (χ2v) is 11.2. The molecule has 0 N–H and O–H groups in total. The largest absolute Gasteiger partial charge is 0.218 e. The predicted molar refractivity (Wildman–Crippen MR) is 90.4 cm³/mol. The summed E-state index contributed by atoms with van der Waals surface area (Å²) in [5.74, 6) is 6.58. The van der Waals surface area contributed by atoms with E-state index in [2.05, 4.69) is 10.0 Å². The highest BCUT2D eigenvalue weighted by atomic mass is 15.9. The summed E-state index contributed by atoms with van der Waals surface area (Å²) < 4.78 is 0. The third kappa shape index (κ3) is 1.68. The highest BCUT2D eigenvalue weighted by Gasteiger charge is 2.65. The number of rotatable bonds is 2. The van der Waals surface area contributed by atoms with Gasteiger partial charge in [0.25, 0.3) is 0 Å². The van der Waals surface area contributed by atoms with Crippen molar-refractivity contribution in [2.75, 3.05) is 6.67 Å². The average molecular weight is 313 g/mol. The van der Waals surface area contributed by atoms with Crippen LogP contribution in [0.2, 0.25) is 0 Å². The highest BCUT2D eigenvalue weighted by Crippen LogP contribution is 2.64. The number of hydrazine groups is 1. The van der Waals surface area contributed by atoms with Gasteiger partial charge in [-0.3, -0.25) is 0 Å². The zero-order valence-electron chi connectivity index (χ0n) is 14.6. The Labute approximate surface area is 140 Å². The van der Waals surface area contributed by atoms with Crippen molar-refractivity contribution in [3.63, 3.8) is 0 Å². The maximum absolute atomic E-state index is 2.96. The molecule has 9 rings (SSSR count). The zero-order valence-corrected chi connectivity index (χ0v) is 14.6. The van der Waals surface area contributed by atoms with E-state index in [-0.39, 0.29) is 0 Å². The fraction of sp³-hybridized carbons (Fsp3) is 1.00. The van der Waals surface area contributed by atoms with E-state index in [0.717, 1.165) is 35.5 Å². The average Bonchev–Trinajstić information content (AvgIpc) is 3.25. The summed E-state index contributed by atoms with van der Waals surface area (Å²) in [6.45, 7) is 1.35. The van der Waals surface area contributed by atoms with Gasteiger partial charge in [0.1, 0.15) is 0 Å². The van der Waals surface area contributed by atoms with Crippen LogP contribution in [0.15, 0.2) is 0 Å². The van der Waals surface area contributed by atoms with Gasteiger partial charge in [-0.1, -0.05) is 0 Å². The first-order chi connectivity index (χ1) is 11.2. The van der Waals surface area contributed by atoms with Crippen molar-refractivity contribution in [1.29, 1.82) is 0 Å². The minimum atomic E-state index is 0.637. The maximum atomic E-state index is 2.96. The van der Waals surface area contributed by atoms with Gasteiger partial charge in [0.15, 0.2) is 0 Å². The van der Waals surface area contributed by atoms with Gasteiger partial charge in [-0.15, -0.1) is 0 Å². The van der Waals surface area contributed by atoms with Crippen molar-refractivity contribution in [2.45, 2.75) is 88.1 Å². The summed E-state index contributed by atoms with van der Waals surface area (Å²) in [5.41, 5.74) is 1.27. The van der Waals surface area contributed by atoms with E-state index >= 15 is 0 Å². The first-order valence-corrected chi connectivity index (χ1v) is 10.7. The Morgan fingerprint density at radius 3 is 0.957 bits per heavy atom. The summed E-state index contributed by atoms with van der Waals surface area (Å²) in [6.07, 6.45) is 18.9. The van der Waals surface area contributed by atoms with Crippen LogP contribution in [0.5, 0.6) is 0 Å². The second-order valence-electron chi connectivity index (χ2n) is 11.2. The zero-order chi connectivity index (χ0) is 14.8. The van der Waals surface area contributed by atoms with Gasteiger partial charge in [-0.25, -0.2) is 10.0 Å². The number of nitrogens with zero attached hydrogens (tertiary/aromatic N) is 2. The van der Waals surface area contributed by atoms with Gasteiger partial charge >= 0.3 is 0 Å². The van der Waals surface area contributed by atoms with Crippen molar-refractivity contribution in [1.82, 2.24) is 10.0 Å². The quantitative estimate of drug-likeness (QED) is 0.696. The third-order valence-electron chi connectivity index (χ3n) is 9.58. The predicted octanol–water partition coefficient (Wildman–Crippen LogP) is 4.41. The standard InChI is InChI=1S/C21H32N2/c1-14-2-16-3-15(1)8-20(7-14,9-16)22-13-23(22)21-10-17-4-18(11-21)6-19(5-17)12-21/h14-19H,1-13H2. The molecule has 1 saturated heterocycles. The molecule has 2 heteroatoms. The minimum absolute atomic E-state index is 0.637. The molecular weight excluding hydrogens is 280 g/mol. The Balaban J connectivity index is 1.19. The topological polar surface area (TPSA) is 6.02 Å². The molecule has 8 bridgehead atoms. The van der Waals surface area contributed by atoms with E-state index in [9.17, 15) is 0 Å². The van der Waals surface area contributed by atoms with Gasteiger partial charge in [0.2, 0.25) is 0 Å². The molecule has 126 valence electrons. The molecule has 0 aromatic rings. The lowest BCUT2D eigenvalue weighted by molar-refractivity contribution is -0.120. The van der Waals surface area contributed by atoms with Crippen molar-refractivity contribution in [2.24, 2.45) is 35.5 Å². The molecule has 8 saturated carbocycles. The summed E-state index contributed by atoms with van der Waals surface area (Å²) in [4.78, 5) is 0. The number of hydrogen-bond acceptors (Lipinski definition) is 2. The summed E-state index contributed by atoms with van der Waals surface area (Å²) in [7, 11) is 0. The second kappa shape index (κ2) is 4.01. The third-order valence-corrected chi connectivity index (χ3v) is 9.58. The number of hydrogen-bond donors (Lipinski definition) is 0. The van der Waals surface area contributed by atoms with Crippen molar-refractivity contribution < 1.29 is 0 Å². The van der Waals surface area contributed by atoms with Gasteiger partial charge in [0.05, 0.1) is 6.67 Å². The Morgan fingerprint density at radius 1 is 0.435 bits per heavy atom. The van der Waals surface area contributed by atoms with Gasteiger partial charge in [-0.2, -0.15) is 0 Å². The molecular formula is C21H32N2. The Bertz CT molecular complexity index is 433. The SMILES string of the molecule is C1C2CC3CC1CC(N1CN1C14CC5CC(CC(C5)C1)C4)(C2)C3. The highest BCUT2D eigenvalue weighted by molar-refractivity contribution is 5.14. The summed E-state index contributed by atoms with van der Waals surface area (Å²) in [6, 6.07) is 0. The van der Waals surface area contributed by atoms with E-state index in [0.29, 0.717) is 11.1 Å². The molecule has 0 amide bonds. The Kier molecular flexibility index (Phi) is 2.29. The molecule has 9 aliphatic rings. The van der Waals surface area contributed by atoms with E-state index in [1.165, 1.54) is 6.67 Å². The molecule has 23 heavy (non-hydrogen) atoms. The molecule has 0 radical (unpaired) electrons. The molecule has 9 fully saturated rings. The normalized spacial score (nSPS) is 67.8. The molecule has 1 aliphatic heterocycles. The molecule has 8 aliphatic carbocycles. The van der Waals surface area contributed by atoms with Crippen molar-refractivity contribution in [3.8, 4) is 0 Å². The van der Waals surface area contributed by atoms with Crippen LogP contribution in [-0.2, 0) is 0 Å². The van der Waals surface area contributed by atoms with Crippen molar-refractivity contribution in [3.05, 3.63) is 0 Å². The van der Waals surface area contributed by atoms with Gasteiger partial charge in [-0.05, 0) is 113 Å². The molecule has 2 unspecified atom stereocenters. The first kappa shape index (κ1) is 13.2. The van der Waals surface area contributed by atoms with Crippen LogP contribution >= 0.6 is 0 Å². The lowest BCUT2D eigenvalue weighted by Gasteiger charge is -2.60. The summed E-state index contributed by atoms with van der Waals surface area (Å²) in [5, 5.41) is 5.93. The maximum Gasteiger partial charge on any atom is 0.0800 e. The van der Waals surface area contributed by atoms with Gasteiger partial charge < -0.3 is 0 Å². The van der Waals surface area contributed by atoms with Crippen LogP contribution in [0.1, 0.15) is 77.0 Å². The molecule has 0 spiro atoms. The fourth-order valence-corrected chi connectivity index (χ4v) is 9.67. The van der Waals surface area contributed by atoms with Crippen LogP contribution in [0, 0.1) is 35.5 Å². The van der Waals surface area contributed by atoms with Crippen molar-refractivity contribution >= 4 is 0 Å². The molecule has 1 heterocycles. The Morgan fingerprint density at radius 2 is 0.696 bits per heavy atom. The van der Waals surface area contributed by atoms with E-state index in [4.69, 9.17) is 0 Å². The summed E-state index contributed by atoms with van der Waals surface area (Å²) >= 11 is 0. The minimum Gasteiger partial charge on any atom is -0.218 e. The van der Waals surface area contributed by atoms with Crippen LogP contribution in [0.25, 0.3) is 0 Å². The molecule has 0 aromatic carbocycles. The van der Waals surface area contributed by atoms with E-state index < -0.39 is 0 Å². The van der Waals surface area contributed by atoms with Crippen LogP contribution in [0.3, 0.4) is 0 Å². The lowest BCUT2D eigenvalue weighted by atomic mass is 9.52. The molecule has 2 atom stereocenters. The van der Waals surface area contributed by atoms with E-state index in [1.54, 1.807) is 77.0 Å². The van der Waals surface area contributed by atoms with Gasteiger partial charge in [0, 0.05) is 11.1 Å². The van der Waals surface area contributed by atoms with Crippen LogP contribution < -0.4 is 0 Å². The first-order valence-electron chi connectivity index (χ1n) is 10.7. The molecule has 0 aromatic heterocycles. The lowest BCUT2D eigenvalue weighted by Crippen LogP contribution is -2.60. The van der Waals surface area contributed by atoms with Crippen LogP contribution in [0.4, 0.5) is 0 Å². The smallest absolute Gasteiger partial charge is 0.0800 e.